The zero-order valence-corrected chi connectivity index (χ0v) is 4.39. The summed E-state index contributed by atoms with van der Waals surface area (Å²) in [5, 5.41) is 3.60. The molecule has 0 bridgehead atoms. The fourth-order valence-electron chi connectivity index (χ4n) is 0.173. The van der Waals surface area contributed by atoms with Crippen LogP contribution in [-0.4, -0.2) is 19.6 Å². The number of rotatable bonds is 3. The Kier molecular flexibility index (Phi) is 4.51. The lowest BCUT2D eigenvalue weighted by Gasteiger charge is -1.85. The lowest BCUT2D eigenvalue weighted by atomic mass is 10.8. The van der Waals surface area contributed by atoms with Gasteiger partial charge in [-0.1, -0.05) is 0 Å². The third-order valence-electron chi connectivity index (χ3n) is 0.389. The van der Waals surface area contributed by atoms with Gasteiger partial charge < -0.3 is 5.43 Å². The van der Waals surface area contributed by atoms with Crippen LogP contribution in [0.25, 0.3) is 0 Å². The van der Waals surface area contributed by atoms with Crippen LogP contribution in [0.15, 0.2) is 10.1 Å². The fourth-order valence-corrected chi connectivity index (χ4v) is 0.173. The van der Waals surface area contributed by atoms with Gasteiger partial charge in [-0.2, -0.15) is 5.10 Å². The highest BCUT2D eigenvalue weighted by atomic mass is 15.3. The molecule has 0 aliphatic rings. The van der Waals surface area contributed by atoms with Crippen molar-refractivity contribution in [2.75, 3.05) is 6.54 Å². The number of hydrogen-bond donors (Lipinski definition) is 1. The Labute approximate surface area is 43.1 Å². The van der Waals surface area contributed by atoms with Crippen LogP contribution in [0.4, 0.5) is 0 Å². The van der Waals surface area contributed by atoms with Crippen molar-refractivity contribution in [2.24, 2.45) is 10.1 Å². The topological polar surface area (TPSA) is 36.8 Å². The Balaban J connectivity index is 2.92. The minimum Gasteiger partial charge on any atom is -0.309 e. The average Bonchev–Trinajstić information content (AvgIpc) is 1.69. The molecule has 0 rings (SSSR count). The van der Waals surface area contributed by atoms with Crippen LogP contribution in [0.3, 0.4) is 0 Å². The summed E-state index contributed by atoms with van der Waals surface area (Å²) < 4.78 is 0. The van der Waals surface area contributed by atoms with Gasteiger partial charge in [-0.05, 0) is 13.6 Å². The van der Waals surface area contributed by atoms with E-state index in [1.54, 1.807) is 0 Å². The quantitative estimate of drug-likeness (QED) is 0.307. The van der Waals surface area contributed by atoms with Gasteiger partial charge in [0.1, 0.15) is 6.34 Å². The van der Waals surface area contributed by atoms with Crippen LogP contribution in [0.1, 0.15) is 6.92 Å². The van der Waals surface area contributed by atoms with Crippen LogP contribution in [0.2, 0.25) is 0 Å². The van der Waals surface area contributed by atoms with Crippen molar-refractivity contribution in [3.8, 4) is 0 Å². The number of nitrogens with one attached hydrogen (secondary N) is 1. The highest BCUT2D eigenvalue weighted by Gasteiger charge is 1.60. The van der Waals surface area contributed by atoms with Crippen LogP contribution in [0.5, 0.6) is 0 Å². The summed E-state index contributed by atoms with van der Waals surface area (Å²) in [6.07, 6.45) is 1.36. The molecule has 0 aliphatic carbocycles. The van der Waals surface area contributed by atoms with Gasteiger partial charge in [0, 0.05) is 6.54 Å². The van der Waals surface area contributed by atoms with Gasteiger partial charge in [0.15, 0.2) is 0 Å². The SMILES string of the molecule is C=N/C=N\NCC. The molecule has 0 amide bonds. The van der Waals surface area contributed by atoms with Crippen LogP contribution >= 0.6 is 0 Å². The van der Waals surface area contributed by atoms with Gasteiger partial charge in [0.05, 0.1) is 0 Å². The van der Waals surface area contributed by atoms with Gasteiger partial charge in [0.2, 0.25) is 0 Å². The minimum atomic E-state index is 0.825. The molecule has 0 heterocycles. The summed E-state index contributed by atoms with van der Waals surface area (Å²) in [4.78, 5) is 3.37. The highest BCUT2D eigenvalue weighted by Crippen LogP contribution is 1.54. The maximum absolute atomic E-state index is 3.60. The van der Waals surface area contributed by atoms with E-state index in [-0.39, 0.29) is 0 Å². The maximum atomic E-state index is 3.60. The molecule has 0 atom stereocenters. The molecular weight excluding hydrogens is 90.1 g/mol. The first-order valence-corrected chi connectivity index (χ1v) is 2.12. The zero-order valence-electron chi connectivity index (χ0n) is 4.39. The smallest absolute Gasteiger partial charge is 0.134 e. The molecule has 0 aromatic heterocycles. The van der Waals surface area contributed by atoms with Crippen LogP contribution in [0, 0.1) is 0 Å². The predicted octanol–water partition coefficient (Wildman–Crippen LogP) is 0.240. The molecule has 0 aromatic rings. The van der Waals surface area contributed by atoms with E-state index in [2.05, 4.69) is 22.2 Å². The van der Waals surface area contributed by atoms with Crippen molar-refractivity contribution in [1.82, 2.24) is 5.43 Å². The molecule has 0 unspecified atom stereocenters. The van der Waals surface area contributed by atoms with Crippen LogP contribution < -0.4 is 5.43 Å². The number of hydrazone groups is 1. The van der Waals surface area contributed by atoms with Crippen molar-refractivity contribution in [2.45, 2.75) is 6.92 Å². The van der Waals surface area contributed by atoms with Gasteiger partial charge in [0.25, 0.3) is 0 Å². The van der Waals surface area contributed by atoms with E-state index in [0.29, 0.717) is 0 Å². The maximum Gasteiger partial charge on any atom is 0.134 e. The molecule has 0 spiro atoms. The Morgan fingerprint density at radius 2 is 2.57 bits per heavy atom. The second kappa shape index (κ2) is 5.14. The monoisotopic (exact) mass is 99.1 g/mol. The van der Waals surface area contributed by atoms with Gasteiger partial charge in [-0.3, -0.25) is 4.99 Å². The summed E-state index contributed by atoms with van der Waals surface area (Å²) in [5.74, 6) is 0. The Hall–Kier alpha value is -0.860. The van der Waals surface area contributed by atoms with E-state index >= 15 is 0 Å². The molecule has 3 nitrogen and oxygen atoms in total. The van der Waals surface area contributed by atoms with Gasteiger partial charge in [-0.15, -0.1) is 0 Å². The fraction of sp³-hybridized carbons (Fsp3) is 0.500. The normalized spacial score (nSPS) is 9.29. The van der Waals surface area contributed by atoms with Crippen molar-refractivity contribution < 1.29 is 0 Å². The first kappa shape index (κ1) is 6.14. The molecule has 1 N–H and O–H groups in total. The molecule has 0 aliphatic heterocycles. The molecule has 0 aromatic carbocycles. The lowest BCUT2D eigenvalue weighted by molar-refractivity contribution is 0.786. The third-order valence-corrected chi connectivity index (χ3v) is 0.389. The number of hydrogen-bond acceptors (Lipinski definition) is 2. The average molecular weight is 99.1 g/mol. The molecule has 0 fully saturated rings. The first-order chi connectivity index (χ1) is 3.41. The van der Waals surface area contributed by atoms with E-state index in [4.69, 9.17) is 0 Å². The van der Waals surface area contributed by atoms with E-state index in [1.165, 1.54) is 6.34 Å². The van der Waals surface area contributed by atoms with Crippen molar-refractivity contribution in [1.29, 1.82) is 0 Å². The van der Waals surface area contributed by atoms with Crippen molar-refractivity contribution in [3.63, 3.8) is 0 Å². The molecule has 0 saturated heterocycles. The van der Waals surface area contributed by atoms with Gasteiger partial charge in [-0.25, -0.2) is 0 Å². The Bertz CT molecular complexity index is 67.3. The molecule has 3 heteroatoms. The molecular formula is C4H9N3. The summed E-state index contributed by atoms with van der Waals surface area (Å²) in [6, 6.07) is 0. The molecule has 7 heavy (non-hydrogen) atoms. The Morgan fingerprint density at radius 1 is 1.86 bits per heavy atom. The number of aliphatic imine (C=N–C) groups is 1. The molecule has 0 radical (unpaired) electrons. The summed E-state index contributed by atoms with van der Waals surface area (Å²) in [7, 11) is 0. The van der Waals surface area contributed by atoms with E-state index in [9.17, 15) is 0 Å². The first-order valence-electron chi connectivity index (χ1n) is 2.12. The summed E-state index contributed by atoms with van der Waals surface area (Å²) in [5.41, 5.74) is 2.68. The Morgan fingerprint density at radius 3 is 3.00 bits per heavy atom. The molecule has 0 saturated carbocycles. The summed E-state index contributed by atoms with van der Waals surface area (Å²) in [6.45, 7) is 5.98. The number of nitrogens with zero attached hydrogens (tertiary/aromatic N) is 2. The predicted molar refractivity (Wildman–Crippen MR) is 31.7 cm³/mol. The summed E-state index contributed by atoms with van der Waals surface area (Å²) >= 11 is 0. The van der Waals surface area contributed by atoms with E-state index in [0.717, 1.165) is 6.54 Å². The molecule has 40 valence electrons. The van der Waals surface area contributed by atoms with Crippen molar-refractivity contribution >= 4 is 13.1 Å². The lowest BCUT2D eigenvalue weighted by Crippen LogP contribution is -2.01. The minimum absolute atomic E-state index is 0.825. The standard InChI is InChI=1S/C4H9N3/c1-3-6-7-4-5-2/h4,6H,2-3H2,1H3/b7-4-. The largest absolute Gasteiger partial charge is 0.309 e. The van der Waals surface area contributed by atoms with Gasteiger partial charge >= 0.3 is 0 Å². The van der Waals surface area contributed by atoms with Crippen molar-refractivity contribution in [3.05, 3.63) is 0 Å². The second-order valence-corrected chi connectivity index (χ2v) is 0.939. The highest BCUT2D eigenvalue weighted by molar-refractivity contribution is 5.61. The van der Waals surface area contributed by atoms with E-state index < -0.39 is 0 Å². The zero-order chi connectivity index (χ0) is 5.54. The van der Waals surface area contributed by atoms with E-state index in [1.807, 2.05) is 6.92 Å². The third kappa shape index (κ3) is 5.14. The second-order valence-electron chi connectivity index (χ2n) is 0.939. The van der Waals surface area contributed by atoms with Crippen LogP contribution in [-0.2, 0) is 0 Å².